The smallest absolute Gasteiger partial charge is 0.225 e. The highest BCUT2D eigenvalue weighted by Crippen LogP contribution is 2.38. The fraction of sp³-hybridized carbons (Fsp3) is 0.923. The van der Waals surface area contributed by atoms with Crippen LogP contribution < -0.4 is 5.32 Å². The lowest BCUT2D eigenvalue weighted by atomic mass is 9.77. The Balaban J connectivity index is 1.81. The minimum Gasteiger partial charge on any atom is -0.378 e. The van der Waals surface area contributed by atoms with Crippen LogP contribution in [0.15, 0.2) is 0 Å². The average molecular weight is 240 g/mol. The zero-order valence-electron chi connectivity index (χ0n) is 11.0. The molecule has 0 aromatic carbocycles. The predicted octanol–water partition coefficient (Wildman–Crippen LogP) is 1.01. The van der Waals surface area contributed by atoms with E-state index in [1.807, 2.05) is 11.9 Å². The largest absolute Gasteiger partial charge is 0.378 e. The third-order valence-corrected chi connectivity index (χ3v) is 4.30. The summed E-state index contributed by atoms with van der Waals surface area (Å²) < 4.78 is 5.52. The van der Waals surface area contributed by atoms with Gasteiger partial charge in [0.2, 0.25) is 5.91 Å². The van der Waals surface area contributed by atoms with E-state index in [4.69, 9.17) is 4.74 Å². The number of nitrogens with zero attached hydrogens (tertiary/aromatic N) is 1. The van der Waals surface area contributed by atoms with Gasteiger partial charge in [0.15, 0.2) is 0 Å². The molecule has 1 saturated carbocycles. The normalized spacial score (nSPS) is 26.9. The molecule has 1 saturated heterocycles. The lowest BCUT2D eigenvalue weighted by molar-refractivity contribution is -0.143. The molecular weight excluding hydrogens is 216 g/mol. The molecule has 1 amide bonds. The first-order valence-corrected chi connectivity index (χ1v) is 6.67. The number of methoxy groups -OCH3 is 1. The van der Waals surface area contributed by atoms with Crippen molar-refractivity contribution in [3.63, 3.8) is 0 Å². The summed E-state index contributed by atoms with van der Waals surface area (Å²) in [5.41, 5.74) is -0.127. The van der Waals surface area contributed by atoms with E-state index in [9.17, 15) is 4.79 Å². The summed E-state index contributed by atoms with van der Waals surface area (Å²) in [7, 11) is 3.71. The van der Waals surface area contributed by atoms with Gasteiger partial charge in [-0.05, 0) is 45.2 Å². The van der Waals surface area contributed by atoms with Gasteiger partial charge in [-0.1, -0.05) is 0 Å². The van der Waals surface area contributed by atoms with E-state index in [2.05, 4.69) is 5.32 Å². The van der Waals surface area contributed by atoms with Crippen LogP contribution in [-0.4, -0.2) is 50.2 Å². The molecule has 0 spiro atoms. The Labute approximate surface area is 104 Å². The third kappa shape index (κ3) is 2.80. The quantitative estimate of drug-likeness (QED) is 0.780. The fourth-order valence-corrected chi connectivity index (χ4v) is 2.93. The van der Waals surface area contributed by atoms with E-state index in [-0.39, 0.29) is 11.5 Å². The molecule has 0 aromatic rings. The molecule has 0 aromatic heterocycles. The Hall–Kier alpha value is -0.610. The van der Waals surface area contributed by atoms with E-state index in [1.165, 1.54) is 6.42 Å². The van der Waals surface area contributed by atoms with Crippen molar-refractivity contribution in [2.24, 2.45) is 5.92 Å². The molecule has 1 heterocycles. The van der Waals surface area contributed by atoms with Gasteiger partial charge in [-0.3, -0.25) is 4.79 Å². The number of likely N-dealkylation sites (tertiary alicyclic amines) is 1. The van der Waals surface area contributed by atoms with Crippen LogP contribution in [0.2, 0.25) is 0 Å². The number of ether oxygens (including phenoxy) is 1. The maximum absolute atomic E-state index is 12.2. The van der Waals surface area contributed by atoms with Crippen molar-refractivity contribution >= 4 is 5.91 Å². The molecule has 0 bridgehead atoms. The van der Waals surface area contributed by atoms with E-state index in [0.717, 1.165) is 38.9 Å². The zero-order chi connectivity index (χ0) is 12.3. The van der Waals surface area contributed by atoms with Crippen molar-refractivity contribution in [2.75, 3.05) is 33.8 Å². The molecule has 1 aliphatic carbocycles. The van der Waals surface area contributed by atoms with Crippen LogP contribution >= 0.6 is 0 Å². The van der Waals surface area contributed by atoms with Crippen molar-refractivity contribution in [2.45, 2.75) is 37.7 Å². The van der Waals surface area contributed by atoms with Crippen molar-refractivity contribution < 1.29 is 9.53 Å². The molecule has 2 rings (SSSR count). The van der Waals surface area contributed by atoms with Gasteiger partial charge in [-0.15, -0.1) is 0 Å². The Morgan fingerprint density at radius 3 is 2.82 bits per heavy atom. The molecule has 1 N–H and O–H groups in total. The summed E-state index contributed by atoms with van der Waals surface area (Å²) in [6.07, 6.45) is 5.00. The number of nitrogens with one attached hydrogen (secondary N) is 1. The number of hydrogen-bond donors (Lipinski definition) is 1. The molecule has 17 heavy (non-hydrogen) atoms. The number of hydrogen-bond acceptors (Lipinski definition) is 3. The minimum atomic E-state index is -0.127. The van der Waals surface area contributed by atoms with Gasteiger partial charge in [0.1, 0.15) is 0 Å². The van der Waals surface area contributed by atoms with Gasteiger partial charge >= 0.3 is 0 Å². The van der Waals surface area contributed by atoms with Crippen LogP contribution in [0, 0.1) is 5.92 Å². The van der Waals surface area contributed by atoms with Crippen LogP contribution in [0.25, 0.3) is 0 Å². The molecule has 1 unspecified atom stereocenters. The predicted molar refractivity (Wildman–Crippen MR) is 66.8 cm³/mol. The Kier molecular flexibility index (Phi) is 4.05. The molecule has 4 nitrogen and oxygen atoms in total. The van der Waals surface area contributed by atoms with Crippen molar-refractivity contribution in [1.29, 1.82) is 0 Å². The van der Waals surface area contributed by atoms with Crippen LogP contribution in [0.4, 0.5) is 0 Å². The number of rotatable bonds is 5. The van der Waals surface area contributed by atoms with Gasteiger partial charge in [0, 0.05) is 20.2 Å². The topological polar surface area (TPSA) is 41.6 Å². The highest BCUT2D eigenvalue weighted by Gasteiger charge is 2.40. The third-order valence-electron chi connectivity index (χ3n) is 4.30. The van der Waals surface area contributed by atoms with E-state index >= 15 is 0 Å². The number of carbonyl (C=O) groups excluding carboxylic acids is 1. The summed E-state index contributed by atoms with van der Waals surface area (Å²) in [6, 6.07) is 0. The molecule has 1 aliphatic heterocycles. The molecule has 4 heteroatoms. The monoisotopic (exact) mass is 240 g/mol. The Morgan fingerprint density at radius 1 is 1.53 bits per heavy atom. The fourth-order valence-electron chi connectivity index (χ4n) is 2.93. The lowest BCUT2D eigenvalue weighted by Crippen LogP contribution is -2.44. The summed E-state index contributed by atoms with van der Waals surface area (Å²) >= 11 is 0. The maximum Gasteiger partial charge on any atom is 0.225 e. The second-order valence-corrected chi connectivity index (χ2v) is 5.47. The molecular formula is C13H24N2O2. The number of carbonyl (C=O) groups is 1. The van der Waals surface area contributed by atoms with E-state index < -0.39 is 0 Å². The van der Waals surface area contributed by atoms with Gasteiger partial charge in [-0.25, -0.2) is 0 Å². The molecule has 2 aliphatic rings. The lowest BCUT2D eigenvalue weighted by Gasteiger charge is -2.40. The van der Waals surface area contributed by atoms with Gasteiger partial charge in [0.05, 0.1) is 12.0 Å². The van der Waals surface area contributed by atoms with E-state index in [1.54, 1.807) is 7.11 Å². The Bertz CT molecular complexity index is 271. The molecule has 1 atom stereocenters. The minimum absolute atomic E-state index is 0.127. The highest BCUT2D eigenvalue weighted by molar-refractivity contribution is 5.77. The van der Waals surface area contributed by atoms with Crippen LogP contribution in [-0.2, 0) is 9.53 Å². The SMILES string of the molecule is CNCC1CCN(C(=O)CC2(OC)CCC2)C1. The maximum atomic E-state index is 12.2. The van der Waals surface area contributed by atoms with Crippen molar-refractivity contribution in [3.8, 4) is 0 Å². The molecule has 98 valence electrons. The standard InChI is InChI=1S/C13H24N2O2/c1-14-9-11-4-7-15(10-11)12(16)8-13(17-2)5-3-6-13/h11,14H,3-10H2,1-2H3. The van der Waals surface area contributed by atoms with Crippen LogP contribution in [0.5, 0.6) is 0 Å². The zero-order valence-corrected chi connectivity index (χ0v) is 11.0. The molecule has 2 fully saturated rings. The highest BCUT2D eigenvalue weighted by atomic mass is 16.5. The van der Waals surface area contributed by atoms with E-state index in [0.29, 0.717) is 12.3 Å². The Morgan fingerprint density at radius 2 is 2.29 bits per heavy atom. The summed E-state index contributed by atoms with van der Waals surface area (Å²) in [5, 5.41) is 3.19. The van der Waals surface area contributed by atoms with Crippen LogP contribution in [0.1, 0.15) is 32.1 Å². The summed E-state index contributed by atoms with van der Waals surface area (Å²) in [6.45, 7) is 2.85. The first kappa shape index (κ1) is 12.8. The first-order valence-electron chi connectivity index (χ1n) is 6.67. The van der Waals surface area contributed by atoms with Gasteiger partial charge in [-0.2, -0.15) is 0 Å². The average Bonchev–Trinajstić information content (AvgIpc) is 2.72. The summed E-state index contributed by atoms with van der Waals surface area (Å²) in [4.78, 5) is 14.2. The van der Waals surface area contributed by atoms with Gasteiger partial charge in [0.25, 0.3) is 0 Å². The number of amides is 1. The first-order chi connectivity index (χ1) is 8.19. The van der Waals surface area contributed by atoms with Gasteiger partial charge < -0.3 is 15.0 Å². The second kappa shape index (κ2) is 5.36. The molecule has 0 radical (unpaired) electrons. The summed E-state index contributed by atoms with van der Waals surface area (Å²) in [5.74, 6) is 0.911. The van der Waals surface area contributed by atoms with Crippen molar-refractivity contribution in [3.05, 3.63) is 0 Å². The second-order valence-electron chi connectivity index (χ2n) is 5.47. The van der Waals surface area contributed by atoms with Crippen molar-refractivity contribution in [1.82, 2.24) is 10.2 Å². The van der Waals surface area contributed by atoms with Crippen LogP contribution in [0.3, 0.4) is 0 Å².